The zero-order chi connectivity index (χ0) is 18.6. The summed E-state index contributed by atoms with van der Waals surface area (Å²) in [6, 6.07) is 5.61. The van der Waals surface area contributed by atoms with Crippen LogP contribution in [0.25, 0.3) is 11.3 Å². The normalized spacial score (nSPS) is 16.1. The lowest BCUT2D eigenvalue weighted by Crippen LogP contribution is -2.37. The van der Waals surface area contributed by atoms with Crippen LogP contribution in [0.4, 0.5) is 5.13 Å². The number of anilines is 1. The van der Waals surface area contributed by atoms with Crippen LogP contribution in [0.1, 0.15) is 32.1 Å². The maximum atomic E-state index is 12.1. The van der Waals surface area contributed by atoms with E-state index in [9.17, 15) is 9.59 Å². The highest BCUT2D eigenvalue weighted by atomic mass is 32.1. The molecule has 7 nitrogen and oxygen atoms in total. The van der Waals surface area contributed by atoms with Gasteiger partial charge < -0.3 is 20.1 Å². The molecule has 2 heterocycles. The molecule has 0 radical (unpaired) electrons. The van der Waals surface area contributed by atoms with E-state index in [-0.39, 0.29) is 31.1 Å². The molecule has 2 aliphatic rings. The lowest BCUT2D eigenvalue weighted by Gasteiger charge is -2.20. The van der Waals surface area contributed by atoms with Crippen molar-refractivity contribution in [3.63, 3.8) is 0 Å². The Morgan fingerprint density at radius 1 is 1.15 bits per heavy atom. The third-order valence-electron chi connectivity index (χ3n) is 4.82. The van der Waals surface area contributed by atoms with Crippen molar-refractivity contribution < 1.29 is 19.1 Å². The average molecular weight is 387 g/mol. The average Bonchev–Trinajstić information content (AvgIpc) is 3.35. The van der Waals surface area contributed by atoms with Gasteiger partial charge in [-0.05, 0) is 31.0 Å². The second-order valence-corrected chi connectivity index (χ2v) is 7.56. The number of ether oxygens (including phenoxy) is 2. The molecule has 2 aromatic rings. The van der Waals surface area contributed by atoms with Crippen LogP contribution in [0.5, 0.6) is 11.5 Å². The van der Waals surface area contributed by atoms with Gasteiger partial charge in [0.15, 0.2) is 16.6 Å². The summed E-state index contributed by atoms with van der Waals surface area (Å²) in [5.74, 6) is 1.16. The van der Waals surface area contributed by atoms with Crippen LogP contribution < -0.4 is 20.1 Å². The minimum atomic E-state index is -0.272. The first-order valence-electron chi connectivity index (χ1n) is 9.12. The second-order valence-electron chi connectivity index (χ2n) is 6.71. The topological polar surface area (TPSA) is 89.6 Å². The molecule has 2 N–H and O–H groups in total. The van der Waals surface area contributed by atoms with Gasteiger partial charge in [-0.1, -0.05) is 19.3 Å². The standard InChI is InChI=1S/C19H21N3O4S/c23-17(9-20-18(24)12-4-2-1-3-5-12)22-19-21-14(10-27-19)13-6-7-15-16(8-13)26-11-25-15/h6-8,10,12H,1-5,9,11H2,(H,20,24)(H,21,22,23). The van der Waals surface area contributed by atoms with E-state index in [4.69, 9.17) is 9.47 Å². The molecule has 1 aromatic heterocycles. The monoisotopic (exact) mass is 387 g/mol. The zero-order valence-electron chi connectivity index (χ0n) is 14.8. The van der Waals surface area contributed by atoms with Gasteiger partial charge in [0.2, 0.25) is 18.6 Å². The van der Waals surface area contributed by atoms with Crippen molar-refractivity contribution in [3.05, 3.63) is 23.6 Å². The fourth-order valence-electron chi connectivity index (χ4n) is 3.36. The van der Waals surface area contributed by atoms with Crippen LogP contribution in [0.3, 0.4) is 0 Å². The number of rotatable bonds is 5. The Morgan fingerprint density at radius 2 is 1.96 bits per heavy atom. The van der Waals surface area contributed by atoms with Gasteiger partial charge in [0.1, 0.15) is 0 Å². The predicted molar refractivity (Wildman–Crippen MR) is 102 cm³/mol. The van der Waals surface area contributed by atoms with Gasteiger partial charge in [0.05, 0.1) is 12.2 Å². The maximum absolute atomic E-state index is 12.1. The molecule has 4 rings (SSSR count). The Kier molecular flexibility index (Phi) is 5.24. The molecule has 1 fully saturated rings. The van der Waals surface area contributed by atoms with Crippen molar-refractivity contribution in [2.45, 2.75) is 32.1 Å². The maximum Gasteiger partial charge on any atom is 0.245 e. The predicted octanol–water partition coefficient (Wildman–Crippen LogP) is 3.17. The van der Waals surface area contributed by atoms with Crippen LogP contribution in [-0.4, -0.2) is 30.1 Å². The lowest BCUT2D eigenvalue weighted by molar-refractivity contribution is -0.128. The molecule has 0 unspecified atom stereocenters. The molecular weight excluding hydrogens is 366 g/mol. The van der Waals surface area contributed by atoms with Gasteiger partial charge in [-0.25, -0.2) is 4.98 Å². The second kappa shape index (κ2) is 7.96. The van der Waals surface area contributed by atoms with Crippen molar-refractivity contribution in [3.8, 4) is 22.8 Å². The van der Waals surface area contributed by atoms with E-state index in [2.05, 4.69) is 15.6 Å². The van der Waals surface area contributed by atoms with E-state index >= 15 is 0 Å². The molecule has 0 bridgehead atoms. The van der Waals surface area contributed by atoms with E-state index in [0.717, 1.165) is 42.7 Å². The number of nitrogens with zero attached hydrogens (tertiary/aromatic N) is 1. The molecule has 142 valence electrons. The number of carbonyl (C=O) groups is 2. The zero-order valence-corrected chi connectivity index (χ0v) is 15.6. The van der Waals surface area contributed by atoms with E-state index < -0.39 is 0 Å². The van der Waals surface area contributed by atoms with Crippen molar-refractivity contribution in [2.24, 2.45) is 5.92 Å². The molecule has 1 aromatic carbocycles. The number of hydrogen-bond acceptors (Lipinski definition) is 6. The lowest BCUT2D eigenvalue weighted by atomic mass is 9.89. The Bertz CT molecular complexity index is 845. The van der Waals surface area contributed by atoms with Gasteiger partial charge in [0, 0.05) is 16.9 Å². The van der Waals surface area contributed by atoms with Crippen molar-refractivity contribution in [1.82, 2.24) is 10.3 Å². The largest absolute Gasteiger partial charge is 0.454 e. The van der Waals surface area contributed by atoms with Gasteiger partial charge in [-0.2, -0.15) is 0 Å². The molecular formula is C19H21N3O4S. The fraction of sp³-hybridized carbons (Fsp3) is 0.421. The summed E-state index contributed by atoms with van der Waals surface area (Å²) >= 11 is 1.34. The van der Waals surface area contributed by atoms with E-state index in [1.165, 1.54) is 17.8 Å². The summed E-state index contributed by atoms with van der Waals surface area (Å²) in [5, 5.41) is 7.84. The van der Waals surface area contributed by atoms with Crippen LogP contribution in [0, 0.1) is 5.92 Å². The highest BCUT2D eigenvalue weighted by molar-refractivity contribution is 7.14. The minimum absolute atomic E-state index is 0.0231. The molecule has 2 amide bonds. The van der Waals surface area contributed by atoms with Crippen molar-refractivity contribution in [2.75, 3.05) is 18.7 Å². The van der Waals surface area contributed by atoms with Crippen LogP contribution in [0.15, 0.2) is 23.6 Å². The first-order valence-corrected chi connectivity index (χ1v) is 10.00. The summed E-state index contributed by atoms with van der Waals surface area (Å²) < 4.78 is 10.7. The Labute approximate surface area is 161 Å². The van der Waals surface area contributed by atoms with Crippen LogP contribution in [0.2, 0.25) is 0 Å². The van der Waals surface area contributed by atoms with Crippen LogP contribution in [-0.2, 0) is 9.59 Å². The number of aromatic nitrogens is 1. The number of amides is 2. The number of nitrogens with one attached hydrogen (secondary N) is 2. The van der Waals surface area contributed by atoms with Gasteiger partial charge in [-0.15, -0.1) is 11.3 Å². The molecule has 0 spiro atoms. The molecule has 0 saturated heterocycles. The first kappa shape index (κ1) is 17.8. The third kappa shape index (κ3) is 4.21. The highest BCUT2D eigenvalue weighted by Crippen LogP contribution is 2.36. The summed E-state index contributed by atoms with van der Waals surface area (Å²) in [6.07, 6.45) is 5.20. The summed E-state index contributed by atoms with van der Waals surface area (Å²) in [6.45, 7) is 0.192. The van der Waals surface area contributed by atoms with Gasteiger partial charge in [-0.3, -0.25) is 9.59 Å². The SMILES string of the molecule is O=C(CNC(=O)C1CCCCC1)Nc1nc(-c2ccc3c(c2)OCO3)cs1. The third-order valence-corrected chi connectivity index (χ3v) is 5.58. The number of carbonyl (C=O) groups excluding carboxylic acids is 2. The highest BCUT2D eigenvalue weighted by Gasteiger charge is 2.21. The van der Waals surface area contributed by atoms with Crippen molar-refractivity contribution in [1.29, 1.82) is 0 Å². The number of benzene rings is 1. The first-order chi connectivity index (χ1) is 13.2. The Morgan fingerprint density at radius 3 is 2.81 bits per heavy atom. The molecule has 0 atom stereocenters. The molecule has 1 aliphatic heterocycles. The van der Waals surface area contributed by atoms with E-state index in [1.54, 1.807) is 0 Å². The van der Waals surface area contributed by atoms with Crippen LogP contribution >= 0.6 is 11.3 Å². The van der Waals surface area contributed by atoms with E-state index in [0.29, 0.717) is 10.9 Å². The molecule has 27 heavy (non-hydrogen) atoms. The smallest absolute Gasteiger partial charge is 0.245 e. The van der Waals surface area contributed by atoms with Gasteiger partial charge in [0.25, 0.3) is 0 Å². The molecule has 1 aliphatic carbocycles. The van der Waals surface area contributed by atoms with E-state index in [1.807, 2.05) is 23.6 Å². The Balaban J connectivity index is 1.31. The number of hydrogen-bond donors (Lipinski definition) is 2. The summed E-state index contributed by atoms with van der Waals surface area (Å²) in [4.78, 5) is 28.7. The number of thiazole rings is 1. The number of fused-ring (bicyclic) bond motifs is 1. The molecule has 8 heteroatoms. The Hall–Kier alpha value is -2.61. The fourth-order valence-corrected chi connectivity index (χ4v) is 4.10. The summed E-state index contributed by atoms with van der Waals surface area (Å²) in [7, 11) is 0. The van der Waals surface area contributed by atoms with Crippen molar-refractivity contribution >= 4 is 28.3 Å². The minimum Gasteiger partial charge on any atom is -0.454 e. The van der Waals surface area contributed by atoms with Gasteiger partial charge >= 0.3 is 0 Å². The quantitative estimate of drug-likeness (QED) is 0.822. The molecule has 1 saturated carbocycles. The summed E-state index contributed by atoms with van der Waals surface area (Å²) in [5.41, 5.74) is 1.64.